The van der Waals surface area contributed by atoms with E-state index in [0.717, 1.165) is 35.9 Å². The first kappa shape index (κ1) is 14.6. The predicted octanol–water partition coefficient (Wildman–Crippen LogP) is 3.55. The molecule has 4 heteroatoms. The van der Waals surface area contributed by atoms with Crippen LogP contribution < -0.4 is 4.90 Å². The molecule has 0 bridgehead atoms. The molecule has 1 amide bonds. The van der Waals surface area contributed by atoms with Gasteiger partial charge in [0.2, 0.25) is 0 Å². The molecule has 4 nitrogen and oxygen atoms in total. The molecule has 2 fully saturated rings. The Hall–Kier alpha value is -1.94. The summed E-state index contributed by atoms with van der Waals surface area (Å²) in [7, 11) is 0. The lowest BCUT2D eigenvalue weighted by molar-refractivity contribution is -0.129. The Bertz CT molecular complexity index is 721. The normalized spacial score (nSPS) is 24.6. The smallest absolute Gasteiger partial charge is 0.256 e. The number of nitrogens with zero attached hydrogens (tertiary/aromatic N) is 2. The monoisotopic (exact) mass is 310 g/mol. The minimum atomic E-state index is -0.311. The van der Waals surface area contributed by atoms with E-state index in [2.05, 4.69) is 11.9 Å². The number of benzene rings is 1. The lowest BCUT2D eigenvalue weighted by Crippen LogP contribution is -2.50. The zero-order chi connectivity index (χ0) is 15.8. The van der Waals surface area contributed by atoms with E-state index >= 15 is 0 Å². The van der Waals surface area contributed by atoms with E-state index in [9.17, 15) is 4.79 Å². The summed E-state index contributed by atoms with van der Waals surface area (Å²) in [4.78, 5) is 19.7. The number of aromatic nitrogens is 1. The highest BCUT2D eigenvalue weighted by atomic mass is 16.5. The van der Waals surface area contributed by atoms with Crippen LogP contribution in [0.3, 0.4) is 0 Å². The summed E-state index contributed by atoms with van der Waals surface area (Å²) in [5.74, 6) is 0.394. The first-order chi connectivity index (χ1) is 11.3. The zero-order valence-electron chi connectivity index (χ0n) is 13.4. The Balaban J connectivity index is 1.77. The second-order valence-electron chi connectivity index (χ2n) is 6.70. The van der Waals surface area contributed by atoms with Crippen LogP contribution in [-0.2, 0) is 9.53 Å². The van der Waals surface area contributed by atoms with Crippen LogP contribution in [0.5, 0.6) is 0 Å². The minimum Gasteiger partial charge on any atom is -0.368 e. The van der Waals surface area contributed by atoms with Crippen LogP contribution in [0.15, 0.2) is 36.5 Å². The molecule has 23 heavy (non-hydrogen) atoms. The minimum absolute atomic E-state index is 0.109. The number of anilines is 1. The molecule has 1 aromatic heterocycles. The van der Waals surface area contributed by atoms with Crippen molar-refractivity contribution in [2.75, 3.05) is 11.5 Å². The molecule has 2 heterocycles. The van der Waals surface area contributed by atoms with Crippen LogP contribution >= 0.6 is 0 Å². The van der Waals surface area contributed by atoms with Gasteiger partial charge in [0, 0.05) is 24.2 Å². The molecule has 1 saturated carbocycles. The van der Waals surface area contributed by atoms with Crippen molar-refractivity contribution in [3.05, 3.63) is 36.5 Å². The SMILES string of the molecule is C[C@@H]1CCO[C@H]1C(=O)N(c1cccc2cccnc12)C1CCC1. The van der Waals surface area contributed by atoms with Gasteiger partial charge in [-0.3, -0.25) is 9.78 Å². The standard InChI is InChI=1S/C19H22N2O2/c1-13-10-12-23-18(13)19(22)21(15-7-3-8-15)16-9-2-5-14-6-4-11-20-17(14)16/h2,4-6,9,11,13,15,18H,3,7-8,10,12H2,1H3/t13-,18-/m1/s1. The maximum atomic E-state index is 13.2. The van der Waals surface area contributed by atoms with Crippen LogP contribution in [0.25, 0.3) is 10.9 Å². The molecule has 1 saturated heterocycles. The number of pyridine rings is 1. The maximum Gasteiger partial charge on any atom is 0.256 e. The van der Waals surface area contributed by atoms with E-state index in [-0.39, 0.29) is 24.0 Å². The van der Waals surface area contributed by atoms with E-state index < -0.39 is 0 Å². The van der Waals surface area contributed by atoms with Gasteiger partial charge < -0.3 is 9.64 Å². The average molecular weight is 310 g/mol. The van der Waals surface area contributed by atoms with Gasteiger partial charge >= 0.3 is 0 Å². The van der Waals surface area contributed by atoms with E-state index in [0.29, 0.717) is 6.61 Å². The largest absolute Gasteiger partial charge is 0.368 e. The van der Waals surface area contributed by atoms with Crippen molar-refractivity contribution < 1.29 is 9.53 Å². The van der Waals surface area contributed by atoms with Crippen molar-refractivity contribution in [2.45, 2.75) is 44.8 Å². The van der Waals surface area contributed by atoms with E-state index in [1.807, 2.05) is 35.2 Å². The third kappa shape index (κ3) is 2.51. The molecule has 1 aliphatic carbocycles. The van der Waals surface area contributed by atoms with Crippen molar-refractivity contribution in [3.63, 3.8) is 0 Å². The lowest BCUT2D eigenvalue weighted by Gasteiger charge is -2.39. The van der Waals surface area contributed by atoms with Gasteiger partial charge in [0.1, 0.15) is 6.10 Å². The molecular formula is C19H22N2O2. The van der Waals surface area contributed by atoms with E-state index in [1.54, 1.807) is 6.20 Å². The Morgan fingerprint density at radius 3 is 2.74 bits per heavy atom. The Morgan fingerprint density at radius 1 is 1.22 bits per heavy atom. The van der Waals surface area contributed by atoms with Gasteiger partial charge in [-0.1, -0.05) is 25.1 Å². The molecule has 2 atom stereocenters. The molecule has 2 aromatic rings. The second-order valence-corrected chi connectivity index (χ2v) is 6.70. The van der Waals surface area contributed by atoms with Crippen molar-refractivity contribution >= 4 is 22.5 Å². The first-order valence-electron chi connectivity index (χ1n) is 8.54. The van der Waals surface area contributed by atoms with E-state index in [4.69, 9.17) is 4.74 Å². The highest BCUT2D eigenvalue weighted by Crippen LogP contribution is 2.35. The fourth-order valence-electron chi connectivity index (χ4n) is 3.57. The summed E-state index contributed by atoms with van der Waals surface area (Å²) in [6, 6.07) is 10.3. The predicted molar refractivity (Wildman–Crippen MR) is 90.4 cm³/mol. The lowest BCUT2D eigenvalue weighted by atomic mass is 9.89. The van der Waals surface area contributed by atoms with Gasteiger partial charge in [0.25, 0.3) is 5.91 Å². The molecule has 0 spiro atoms. The topological polar surface area (TPSA) is 42.4 Å². The van der Waals surface area contributed by atoms with Crippen LogP contribution in [-0.4, -0.2) is 29.6 Å². The van der Waals surface area contributed by atoms with Gasteiger partial charge in [-0.25, -0.2) is 0 Å². The molecular weight excluding hydrogens is 288 g/mol. The van der Waals surface area contributed by atoms with Crippen LogP contribution in [0.1, 0.15) is 32.6 Å². The van der Waals surface area contributed by atoms with Gasteiger partial charge in [-0.15, -0.1) is 0 Å². The third-order valence-electron chi connectivity index (χ3n) is 5.18. The molecule has 0 unspecified atom stereocenters. The number of carbonyl (C=O) groups excluding carboxylic acids is 1. The number of hydrogen-bond acceptors (Lipinski definition) is 3. The summed E-state index contributed by atoms with van der Waals surface area (Å²) in [6.45, 7) is 2.79. The summed E-state index contributed by atoms with van der Waals surface area (Å²) >= 11 is 0. The number of amides is 1. The van der Waals surface area contributed by atoms with Crippen molar-refractivity contribution in [1.29, 1.82) is 0 Å². The highest BCUT2D eigenvalue weighted by Gasteiger charge is 2.39. The molecule has 2 aliphatic rings. The van der Waals surface area contributed by atoms with Crippen molar-refractivity contribution in [3.8, 4) is 0 Å². The average Bonchev–Trinajstić information content (AvgIpc) is 2.96. The fraction of sp³-hybridized carbons (Fsp3) is 0.474. The van der Waals surface area contributed by atoms with Gasteiger partial charge in [0.05, 0.1) is 11.2 Å². The van der Waals surface area contributed by atoms with Crippen LogP contribution in [0.4, 0.5) is 5.69 Å². The third-order valence-corrected chi connectivity index (χ3v) is 5.18. The van der Waals surface area contributed by atoms with Crippen LogP contribution in [0.2, 0.25) is 0 Å². The molecule has 1 aromatic carbocycles. The number of para-hydroxylation sites is 1. The number of hydrogen-bond donors (Lipinski definition) is 0. The highest BCUT2D eigenvalue weighted by molar-refractivity contribution is 6.04. The Labute approximate surface area is 136 Å². The molecule has 1 aliphatic heterocycles. The van der Waals surface area contributed by atoms with Crippen molar-refractivity contribution in [1.82, 2.24) is 4.98 Å². The first-order valence-corrected chi connectivity index (χ1v) is 8.54. The Kier molecular flexibility index (Phi) is 3.77. The fourth-order valence-corrected chi connectivity index (χ4v) is 3.57. The maximum absolute atomic E-state index is 13.2. The van der Waals surface area contributed by atoms with Gasteiger partial charge in [-0.05, 0) is 43.7 Å². The number of fused-ring (bicyclic) bond motifs is 1. The summed E-state index contributed by atoms with van der Waals surface area (Å²) < 4.78 is 5.75. The molecule has 120 valence electrons. The number of carbonyl (C=O) groups is 1. The Morgan fingerprint density at radius 2 is 2.04 bits per heavy atom. The quantitative estimate of drug-likeness (QED) is 0.871. The number of ether oxygens (including phenoxy) is 1. The van der Waals surface area contributed by atoms with Gasteiger partial charge in [0.15, 0.2) is 0 Å². The molecule has 0 N–H and O–H groups in total. The van der Waals surface area contributed by atoms with E-state index in [1.165, 1.54) is 6.42 Å². The molecule has 4 rings (SSSR count). The van der Waals surface area contributed by atoms with Crippen LogP contribution in [0, 0.1) is 5.92 Å². The molecule has 0 radical (unpaired) electrons. The van der Waals surface area contributed by atoms with Crippen molar-refractivity contribution in [2.24, 2.45) is 5.92 Å². The zero-order valence-corrected chi connectivity index (χ0v) is 13.4. The summed E-state index contributed by atoms with van der Waals surface area (Å²) in [5, 5.41) is 1.07. The second kappa shape index (κ2) is 5.93. The summed E-state index contributed by atoms with van der Waals surface area (Å²) in [5.41, 5.74) is 1.83. The van der Waals surface area contributed by atoms with Gasteiger partial charge in [-0.2, -0.15) is 0 Å². The summed E-state index contributed by atoms with van der Waals surface area (Å²) in [6.07, 6.45) is 5.77. The number of rotatable bonds is 3.